The molecular formula is C21H26N4O3. The molecular weight excluding hydrogens is 356 g/mol. The average Bonchev–Trinajstić information content (AvgIpc) is 3.15. The van der Waals surface area contributed by atoms with Crippen LogP contribution in [0.3, 0.4) is 0 Å². The van der Waals surface area contributed by atoms with E-state index in [1.54, 1.807) is 16.9 Å². The van der Waals surface area contributed by atoms with Gasteiger partial charge in [-0.15, -0.1) is 0 Å². The van der Waals surface area contributed by atoms with Gasteiger partial charge in [-0.25, -0.2) is 0 Å². The Balaban J connectivity index is 1.34. The van der Waals surface area contributed by atoms with E-state index in [1.807, 2.05) is 24.3 Å². The molecule has 1 aromatic heterocycles. The van der Waals surface area contributed by atoms with Gasteiger partial charge in [0.1, 0.15) is 12.3 Å². The quantitative estimate of drug-likeness (QED) is 0.859. The van der Waals surface area contributed by atoms with E-state index in [1.165, 1.54) is 24.1 Å². The van der Waals surface area contributed by atoms with Crippen LogP contribution in [0.1, 0.15) is 36.2 Å². The van der Waals surface area contributed by atoms with E-state index >= 15 is 0 Å². The summed E-state index contributed by atoms with van der Waals surface area (Å²) in [6.07, 6.45) is 5.52. The second kappa shape index (κ2) is 8.04. The number of rotatable bonds is 5. The first kappa shape index (κ1) is 18.5. The number of nitrogens with one attached hydrogen (secondary N) is 1. The van der Waals surface area contributed by atoms with Crippen LogP contribution >= 0.6 is 0 Å². The molecule has 2 heterocycles. The van der Waals surface area contributed by atoms with Gasteiger partial charge in [-0.2, -0.15) is 5.10 Å². The summed E-state index contributed by atoms with van der Waals surface area (Å²) in [4.78, 5) is 28.6. The largest absolute Gasteiger partial charge is 0.497 e. The van der Waals surface area contributed by atoms with E-state index in [4.69, 9.17) is 4.74 Å². The van der Waals surface area contributed by atoms with Crippen LogP contribution in [0.4, 0.5) is 5.69 Å². The first-order valence-electron chi connectivity index (χ1n) is 9.93. The molecule has 1 N–H and O–H groups in total. The third-order valence-electron chi connectivity index (χ3n) is 5.66. The maximum Gasteiger partial charge on any atom is 0.246 e. The molecule has 0 radical (unpaired) electrons. The predicted octanol–water partition coefficient (Wildman–Crippen LogP) is 2.11. The van der Waals surface area contributed by atoms with E-state index in [-0.39, 0.29) is 18.4 Å². The highest BCUT2D eigenvalue weighted by atomic mass is 16.5. The van der Waals surface area contributed by atoms with E-state index in [0.717, 1.165) is 24.2 Å². The van der Waals surface area contributed by atoms with E-state index in [0.29, 0.717) is 31.7 Å². The summed E-state index contributed by atoms with van der Waals surface area (Å²) >= 11 is 0. The third kappa shape index (κ3) is 3.74. The van der Waals surface area contributed by atoms with Gasteiger partial charge in [0, 0.05) is 43.4 Å². The number of hydrogen-bond acceptors (Lipinski definition) is 4. The van der Waals surface area contributed by atoms with Crippen LogP contribution in [-0.4, -0.2) is 53.7 Å². The van der Waals surface area contributed by atoms with Gasteiger partial charge >= 0.3 is 0 Å². The Morgan fingerprint density at radius 3 is 2.93 bits per heavy atom. The van der Waals surface area contributed by atoms with Crippen molar-refractivity contribution in [2.24, 2.45) is 0 Å². The van der Waals surface area contributed by atoms with Crippen LogP contribution in [0, 0.1) is 0 Å². The molecule has 148 valence electrons. The second-order valence-corrected chi connectivity index (χ2v) is 7.40. The zero-order chi connectivity index (χ0) is 19.5. The van der Waals surface area contributed by atoms with Crippen LogP contribution in [0.15, 0.2) is 24.3 Å². The minimum atomic E-state index is -0.0648. The predicted molar refractivity (Wildman–Crippen MR) is 105 cm³/mol. The highest BCUT2D eigenvalue weighted by Gasteiger charge is 2.28. The molecule has 2 aliphatic rings. The first-order valence-corrected chi connectivity index (χ1v) is 9.93. The molecule has 1 aliphatic carbocycles. The summed E-state index contributed by atoms with van der Waals surface area (Å²) in [5.41, 5.74) is 4.36. The van der Waals surface area contributed by atoms with Crippen LogP contribution < -0.4 is 9.64 Å². The molecule has 7 heteroatoms. The third-order valence-corrected chi connectivity index (χ3v) is 5.66. The zero-order valence-electron chi connectivity index (χ0n) is 16.2. The molecule has 4 rings (SSSR count). The second-order valence-electron chi connectivity index (χ2n) is 7.40. The number of aryl methyl sites for hydroxylation is 2. The number of aromatic nitrogens is 2. The Labute approximate surface area is 164 Å². The molecule has 2 aromatic rings. The number of piperazine rings is 1. The molecule has 1 aromatic carbocycles. The van der Waals surface area contributed by atoms with E-state index < -0.39 is 0 Å². The van der Waals surface area contributed by atoms with Crippen molar-refractivity contribution in [1.29, 1.82) is 0 Å². The minimum Gasteiger partial charge on any atom is -0.497 e. The number of H-pyrrole nitrogens is 1. The Kier molecular flexibility index (Phi) is 5.32. The summed E-state index contributed by atoms with van der Waals surface area (Å²) in [6.45, 7) is 1.16. The molecule has 2 amide bonds. The normalized spacial score (nSPS) is 16.8. The highest BCUT2D eigenvalue weighted by Crippen LogP contribution is 2.24. The number of ether oxygens (including phenoxy) is 1. The van der Waals surface area contributed by atoms with Gasteiger partial charge in [-0.3, -0.25) is 14.7 Å². The lowest BCUT2D eigenvalue weighted by Crippen LogP contribution is -2.52. The fraction of sp³-hybridized carbons (Fsp3) is 0.476. The lowest BCUT2D eigenvalue weighted by atomic mass is 9.94. The number of fused-ring (bicyclic) bond motifs is 1. The van der Waals surface area contributed by atoms with Crippen molar-refractivity contribution in [2.45, 2.75) is 38.5 Å². The maximum atomic E-state index is 12.6. The molecule has 0 saturated carbocycles. The Bertz CT molecular complexity index is 876. The zero-order valence-corrected chi connectivity index (χ0v) is 16.2. The molecule has 1 saturated heterocycles. The van der Waals surface area contributed by atoms with Crippen molar-refractivity contribution < 1.29 is 14.3 Å². The highest BCUT2D eigenvalue weighted by molar-refractivity contribution is 5.98. The average molecular weight is 382 g/mol. The number of anilines is 1. The van der Waals surface area contributed by atoms with Crippen molar-refractivity contribution in [1.82, 2.24) is 15.1 Å². The number of carbonyl (C=O) groups is 2. The molecule has 0 spiro atoms. The van der Waals surface area contributed by atoms with Gasteiger partial charge in [0.25, 0.3) is 0 Å². The van der Waals surface area contributed by atoms with Crippen molar-refractivity contribution in [3.63, 3.8) is 0 Å². The number of nitrogens with zero attached hydrogens (tertiary/aromatic N) is 3. The molecule has 0 unspecified atom stereocenters. The minimum absolute atomic E-state index is 0.0196. The van der Waals surface area contributed by atoms with E-state index in [9.17, 15) is 9.59 Å². The molecule has 0 bridgehead atoms. The number of methoxy groups -OCH3 is 1. The summed E-state index contributed by atoms with van der Waals surface area (Å²) in [5, 5.41) is 7.54. The number of benzene rings is 1. The summed E-state index contributed by atoms with van der Waals surface area (Å²) < 4.78 is 5.24. The van der Waals surface area contributed by atoms with Crippen LogP contribution in [-0.2, 0) is 28.9 Å². The van der Waals surface area contributed by atoms with E-state index in [2.05, 4.69) is 10.2 Å². The van der Waals surface area contributed by atoms with Crippen LogP contribution in [0.2, 0.25) is 0 Å². The Hall–Kier alpha value is -2.83. The topological polar surface area (TPSA) is 78.5 Å². The summed E-state index contributed by atoms with van der Waals surface area (Å²) in [5.74, 6) is 0.669. The number of hydrogen-bond donors (Lipinski definition) is 1. The Morgan fingerprint density at radius 2 is 2.11 bits per heavy atom. The van der Waals surface area contributed by atoms with Crippen LogP contribution in [0.25, 0.3) is 0 Å². The van der Waals surface area contributed by atoms with Gasteiger partial charge in [0.15, 0.2) is 0 Å². The molecule has 1 aliphatic heterocycles. The molecule has 0 atom stereocenters. The number of aromatic amines is 1. The molecule has 7 nitrogen and oxygen atoms in total. The monoisotopic (exact) mass is 382 g/mol. The van der Waals surface area contributed by atoms with Crippen molar-refractivity contribution in [3.8, 4) is 5.75 Å². The summed E-state index contributed by atoms with van der Waals surface area (Å²) in [7, 11) is 1.61. The fourth-order valence-electron chi connectivity index (χ4n) is 4.08. The molecule has 28 heavy (non-hydrogen) atoms. The SMILES string of the molecule is COc1cccc(N2CCN(C(=O)CCc3n[nH]c4c3CCCC4)CC2=O)c1. The van der Waals surface area contributed by atoms with Crippen LogP contribution in [0.5, 0.6) is 5.75 Å². The number of amides is 2. The van der Waals surface area contributed by atoms with Gasteiger partial charge in [0.05, 0.1) is 12.8 Å². The molecule has 1 fully saturated rings. The van der Waals surface area contributed by atoms with Crippen molar-refractivity contribution >= 4 is 17.5 Å². The first-order chi connectivity index (χ1) is 13.7. The Morgan fingerprint density at radius 1 is 1.25 bits per heavy atom. The van der Waals surface area contributed by atoms with Gasteiger partial charge in [0.2, 0.25) is 11.8 Å². The lowest BCUT2D eigenvalue weighted by Gasteiger charge is -2.34. The van der Waals surface area contributed by atoms with Gasteiger partial charge in [-0.05, 0) is 43.4 Å². The van der Waals surface area contributed by atoms with Crippen molar-refractivity contribution in [3.05, 3.63) is 41.2 Å². The van der Waals surface area contributed by atoms with Crippen molar-refractivity contribution in [2.75, 3.05) is 31.6 Å². The lowest BCUT2D eigenvalue weighted by molar-refractivity contribution is -0.136. The summed E-state index contributed by atoms with van der Waals surface area (Å²) in [6, 6.07) is 7.44. The maximum absolute atomic E-state index is 12.6. The standard InChI is InChI=1S/C21H26N4O3/c1-28-16-6-4-5-15(13-16)25-12-11-24(14-21(25)27)20(26)10-9-19-17-7-2-3-8-18(17)22-23-19/h4-6,13H,2-3,7-12,14H2,1H3,(H,22,23). The smallest absolute Gasteiger partial charge is 0.246 e. The van der Waals surface area contributed by atoms with Gasteiger partial charge < -0.3 is 14.5 Å². The fourth-order valence-corrected chi connectivity index (χ4v) is 4.08. The number of carbonyl (C=O) groups excluding carboxylic acids is 2. The van der Waals surface area contributed by atoms with Gasteiger partial charge in [-0.1, -0.05) is 6.07 Å².